The molecule has 0 spiro atoms. The fourth-order valence-electron chi connectivity index (χ4n) is 1.51. The van der Waals surface area contributed by atoms with Crippen LogP contribution >= 0.6 is 11.6 Å². The fourth-order valence-corrected chi connectivity index (χ4v) is 1.66. The summed E-state index contributed by atoms with van der Waals surface area (Å²) >= 11 is 5.59. The predicted molar refractivity (Wildman–Crippen MR) is 71.5 cm³/mol. The first-order valence-corrected chi connectivity index (χ1v) is 5.87. The van der Waals surface area contributed by atoms with E-state index in [0.29, 0.717) is 11.3 Å². The van der Waals surface area contributed by atoms with Gasteiger partial charge in [0.15, 0.2) is 11.0 Å². The van der Waals surface area contributed by atoms with Crippen LogP contribution in [0.1, 0.15) is 20.9 Å². The van der Waals surface area contributed by atoms with Crippen LogP contribution in [0.3, 0.4) is 0 Å². The first-order valence-electron chi connectivity index (χ1n) is 5.49. The topological polar surface area (TPSA) is 71.3 Å². The van der Waals surface area contributed by atoms with Crippen LogP contribution in [0.2, 0.25) is 5.22 Å². The summed E-state index contributed by atoms with van der Waals surface area (Å²) in [6.45, 7) is 0. The first kappa shape index (κ1) is 13.2. The smallest absolute Gasteiger partial charge is 0.291 e. The van der Waals surface area contributed by atoms with E-state index >= 15 is 0 Å². The number of anilines is 1. The molecule has 2 amide bonds. The number of rotatable bonds is 3. The number of carbonyl (C=O) groups excluding carboxylic acids is 2. The summed E-state index contributed by atoms with van der Waals surface area (Å²) in [5.41, 5.74) is 0.955. The molecule has 2 aromatic rings. The normalized spacial score (nSPS) is 10.0. The minimum Gasteiger partial charge on any atom is -0.440 e. The molecule has 0 radical (unpaired) electrons. The number of hydrogen-bond acceptors (Lipinski definition) is 3. The predicted octanol–water partition coefficient (Wildman–Crippen LogP) is 2.54. The SMILES string of the molecule is CNC(=O)c1cccc(NC(=O)c2ccc(Cl)o2)c1. The Kier molecular flexibility index (Phi) is 3.87. The molecule has 0 saturated heterocycles. The Hall–Kier alpha value is -2.27. The Balaban J connectivity index is 2.15. The van der Waals surface area contributed by atoms with Crippen LogP contribution in [0.25, 0.3) is 0 Å². The maximum atomic E-state index is 11.8. The zero-order chi connectivity index (χ0) is 13.8. The van der Waals surface area contributed by atoms with Gasteiger partial charge in [-0.2, -0.15) is 0 Å². The van der Waals surface area contributed by atoms with Gasteiger partial charge in [-0.25, -0.2) is 0 Å². The molecule has 0 aliphatic heterocycles. The maximum Gasteiger partial charge on any atom is 0.291 e. The summed E-state index contributed by atoms with van der Waals surface area (Å²) in [5, 5.41) is 5.27. The molecular weight excluding hydrogens is 268 g/mol. The van der Waals surface area contributed by atoms with Crippen LogP contribution in [-0.4, -0.2) is 18.9 Å². The van der Waals surface area contributed by atoms with Crippen LogP contribution in [-0.2, 0) is 0 Å². The quantitative estimate of drug-likeness (QED) is 0.906. The van der Waals surface area contributed by atoms with Crippen molar-refractivity contribution in [1.82, 2.24) is 5.32 Å². The highest BCUT2D eigenvalue weighted by Crippen LogP contribution is 2.16. The minimum atomic E-state index is -0.430. The summed E-state index contributed by atoms with van der Waals surface area (Å²) in [6, 6.07) is 9.53. The summed E-state index contributed by atoms with van der Waals surface area (Å²) in [7, 11) is 1.54. The van der Waals surface area contributed by atoms with Crippen LogP contribution in [0.4, 0.5) is 5.69 Å². The monoisotopic (exact) mass is 278 g/mol. The number of hydrogen-bond donors (Lipinski definition) is 2. The van der Waals surface area contributed by atoms with E-state index < -0.39 is 5.91 Å². The van der Waals surface area contributed by atoms with Gasteiger partial charge in [-0.05, 0) is 41.9 Å². The average Bonchev–Trinajstić information content (AvgIpc) is 2.85. The van der Waals surface area contributed by atoms with Gasteiger partial charge in [-0.1, -0.05) is 6.07 Å². The van der Waals surface area contributed by atoms with E-state index in [2.05, 4.69) is 10.6 Å². The Morgan fingerprint density at radius 1 is 1.16 bits per heavy atom. The van der Waals surface area contributed by atoms with Crippen molar-refractivity contribution in [1.29, 1.82) is 0 Å². The average molecular weight is 279 g/mol. The molecular formula is C13H11ClN2O3. The van der Waals surface area contributed by atoms with Gasteiger partial charge >= 0.3 is 0 Å². The van der Waals surface area contributed by atoms with E-state index in [1.807, 2.05) is 0 Å². The second kappa shape index (κ2) is 5.58. The second-order valence-corrected chi connectivity index (χ2v) is 4.09. The molecule has 0 saturated carbocycles. The van der Waals surface area contributed by atoms with Gasteiger partial charge in [0.05, 0.1) is 0 Å². The lowest BCUT2D eigenvalue weighted by atomic mass is 10.2. The van der Waals surface area contributed by atoms with E-state index in [-0.39, 0.29) is 16.9 Å². The van der Waals surface area contributed by atoms with Crippen molar-refractivity contribution in [3.8, 4) is 0 Å². The molecule has 6 heteroatoms. The number of nitrogens with one attached hydrogen (secondary N) is 2. The zero-order valence-corrected chi connectivity index (χ0v) is 10.8. The second-order valence-electron chi connectivity index (χ2n) is 3.72. The van der Waals surface area contributed by atoms with Crippen molar-refractivity contribution in [2.75, 3.05) is 12.4 Å². The van der Waals surface area contributed by atoms with Crippen LogP contribution < -0.4 is 10.6 Å². The largest absolute Gasteiger partial charge is 0.440 e. The third-order valence-electron chi connectivity index (χ3n) is 2.41. The lowest BCUT2D eigenvalue weighted by Gasteiger charge is -2.05. The molecule has 0 aliphatic carbocycles. The standard InChI is InChI=1S/C13H11ClN2O3/c1-15-12(17)8-3-2-4-9(7-8)16-13(18)10-5-6-11(14)19-10/h2-7H,1H3,(H,15,17)(H,16,18). The Morgan fingerprint density at radius 3 is 2.58 bits per heavy atom. The van der Waals surface area contributed by atoms with Crippen molar-refractivity contribution in [2.45, 2.75) is 0 Å². The number of benzene rings is 1. The van der Waals surface area contributed by atoms with Crippen molar-refractivity contribution >= 4 is 29.1 Å². The van der Waals surface area contributed by atoms with Gasteiger partial charge in [0.25, 0.3) is 11.8 Å². The molecule has 0 unspecified atom stereocenters. The van der Waals surface area contributed by atoms with E-state index in [9.17, 15) is 9.59 Å². The Labute approximate surface area is 114 Å². The molecule has 0 fully saturated rings. The molecule has 0 aliphatic rings. The van der Waals surface area contributed by atoms with Gasteiger partial charge in [0, 0.05) is 18.3 Å². The molecule has 98 valence electrons. The van der Waals surface area contributed by atoms with E-state index in [1.54, 1.807) is 31.3 Å². The molecule has 2 rings (SSSR count). The Bertz CT molecular complexity index is 622. The molecule has 1 aromatic carbocycles. The van der Waals surface area contributed by atoms with Gasteiger partial charge in [-0.15, -0.1) is 0 Å². The van der Waals surface area contributed by atoms with E-state index in [0.717, 1.165) is 0 Å². The van der Waals surface area contributed by atoms with Gasteiger partial charge in [0.1, 0.15) is 0 Å². The highest BCUT2D eigenvalue weighted by molar-refractivity contribution is 6.29. The first-order chi connectivity index (χ1) is 9.10. The highest BCUT2D eigenvalue weighted by Gasteiger charge is 2.11. The minimum absolute atomic E-state index is 0.107. The molecule has 2 N–H and O–H groups in total. The van der Waals surface area contributed by atoms with Crippen LogP contribution in [0, 0.1) is 0 Å². The zero-order valence-electron chi connectivity index (χ0n) is 10.1. The van der Waals surface area contributed by atoms with Crippen LogP contribution in [0.15, 0.2) is 40.8 Å². The van der Waals surface area contributed by atoms with Crippen LogP contribution in [0.5, 0.6) is 0 Å². The lowest BCUT2D eigenvalue weighted by molar-refractivity contribution is 0.0960. The summed E-state index contributed by atoms with van der Waals surface area (Å²) in [4.78, 5) is 23.3. The lowest BCUT2D eigenvalue weighted by Crippen LogP contribution is -2.18. The van der Waals surface area contributed by atoms with Crippen molar-refractivity contribution < 1.29 is 14.0 Å². The third kappa shape index (κ3) is 3.14. The summed E-state index contributed by atoms with van der Waals surface area (Å²) in [6.07, 6.45) is 0. The van der Waals surface area contributed by atoms with Crippen molar-refractivity contribution in [3.05, 3.63) is 52.9 Å². The molecule has 19 heavy (non-hydrogen) atoms. The van der Waals surface area contributed by atoms with E-state index in [4.69, 9.17) is 16.0 Å². The number of amides is 2. The molecule has 5 nitrogen and oxygen atoms in total. The maximum absolute atomic E-state index is 11.8. The molecule has 0 bridgehead atoms. The van der Waals surface area contributed by atoms with Gasteiger partial charge < -0.3 is 15.1 Å². The van der Waals surface area contributed by atoms with Crippen molar-refractivity contribution in [2.24, 2.45) is 0 Å². The Morgan fingerprint density at radius 2 is 1.95 bits per heavy atom. The third-order valence-corrected chi connectivity index (χ3v) is 2.61. The fraction of sp³-hybridized carbons (Fsp3) is 0.0769. The summed E-state index contributed by atoms with van der Waals surface area (Å²) in [5.74, 6) is -0.548. The summed E-state index contributed by atoms with van der Waals surface area (Å²) < 4.78 is 4.99. The van der Waals surface area contributed by atoms with Gasteiger partial charge in [-0.3, -0.25) is 9.59 Å². The number of halogens is 1. The highest BCUT2D eigenvalue weighted by atomic mass is 35.5. The van der Waals surface area contributed by atoms with Crippen molar-refractivity contribution in [3.63, 3.8) is 0 Å². The van der Waals surface area contributed by atoms with Gasteiger partial charge in [0.2, 0.25) is 0 Å². The number of carbonyl (C=O) groups is 2. The molecule has 1 aromatic heterocycles. The molecule has 0 atom stereocenters. The molecule has 1 heterocycles. The van der Waals surface area contributed by atoms with E-state index in [1.165, 1.54) is 12.1 Å². The number of furan rings is 1.